The first-order valence-corrected chi connectivity index (χ1v) is 6.80. The van der Waals surface area contributed by atoms with Crippen LogP contribution in [0.3, 0.4) is 0 Å². The maximum absolute atomic E-state index is 12.0. The number of rotatable bonds is 3. The molecule has 0 bridgehead atoms. The number of amides is 1. The molecule has 0 aromatic carbocycles. The van der Waals surface area contributed by atoms with E-state index in [9.17, 15) is 4.79 Å². The van der Waals surface area contributed by atoms with Crippen LogP contribution in [0.15, 0.2) is 0 Å². The number of carbonyl (C=O) groups is 1. The van der Waals surface area contributed by atoms with Gasteiger partial charge in [-0.2, -0.15) is 11.8 Å². The minimum atomic E-state index is -0.298. The van der Waals surface area contributed by atoms with Gasteiger partial charge in [-0.05, 0) is 13.3 Å². The van der Waals surface area contributed by atoms with Crippen LogP contribution in [0.2, 0.25) is 0 Å². The second kappa shape index (κ2) is 5.75. The zero-order chi connectivity index (χ0) is 11.4. The number of hydrogen-bond acceptors (Lipinski definition) is 3. The molecular weight excluding hydrogens is 208 g/mol. The second-order valence-corrected chi connectivity index (χ2v) is 5.73. The predicted molar refractivity (Wildman–Crippen MR) is 66.0 cm³/mol. The maximum atomic E-state index is 12.0. The molecule has 3 nitrogen and oxygen atoms in total. The van der Waals surface area contributed by atoms with E-state index < -0.39 is 0 Å². The molecule has 2 N–H and O–H groups in total. The molecular formula is C11H22N2OS. The molecule has 3 atom stereocenters. The van der Waals surface area contributed by atoms with Gasteiger partial charge in [-0.15, -0.1) is 0 Å². The summed E-state index contributed by atoms with van der Waals surface area (Å²) in [7, 11) is 0. The van der Waals surface area contributed by atoms with E-state index in [1.165, 1.54) is 0 Å². The highest BCUT2D eigenvalue weighted by molar-refractivity contribution is 8.00. The van der Waals surface area contributed by atoms with Gasteiger partial charge in [0.15, 0.2) is 0 Å². The van der Waals surface area contributed by atoms with Gasteiger partial charge in [0.1, 0.15) is 0 Å². The molecule has 0 radical (unpaired) electrons. The van der Waals surface area contributed by atoms with Gasteiger partial charge >= 0.3 is 0 Å². The minimum Gasteiger partial charge on any atom is -0.337 e. The molecule has 3 unspecified atom stereocenters. The smallest absolute Gasteiger partial charge is 0.239 e. The number of nitrogens with zero attached hydrogens (tertiary/aromatic N) is 1. The average Bonchev–Trinajstić information content (AvgIpc) is 2.21. The van der Waals surface area contributed by atoms with Gasteiger partial charge < -0.3 is 10.6 Å². The first-order chi connectivity index (χ1) is 7.07. The first kappa shape index (κ1) is 12.8. The van der Waals surface area contributed by atoms with E-state index in [1.54, 1.807) is 0 Å². The second-order valence-electron chi connectivity index (χ2n) is 4.24. The summed E-state index contributed by atoms with van der Waals surface area (Å²) in [6.45, 7) is 7.21. The molecule has 1 amide bonds. The number of carbonyl (C=O) groups excluding carboxylic acids is 1. The molecule has 0 aromatic heterocycles. The van der Waals surface area contributed by atoms with Crippen molar-refractivity contribution in [3.8, 4) is 0 Å². The van der Waals surface area contributed by atoms with Crippen LogP contribution in [0.4, 0.5) is 0 Å². The van der Waals surface area contributed by atoms with Crippen molar-refractivity contribution in [2.75, 3.05) is 12.3 Å². The Labute approximate surface area is 96.8 Å². The van der Waals surface area contributed by atoms with E-state index in [4.69, 9.17) is 5.73 Å². The fourth-order valence-corrected chi connectivity index (χ4v) is 2.99. The molecule has 0 aromatic rings. The van der Waals surface area contributed by atoms with Crippen LogP contribution in [0.1, 0.15) is 33.6 Å². The van der Waals surface area contributed by atoms with Gasteiger partial charge in [-0.25, -0.2) is 0 Å². The summed E-state index contributed by atoms with van der Waals surface area (Å²) < 4.78 is 0. The van der Waals surface area contributed by atoms with Crippen LogP contribution >= 0.6 is 11.8 Å². The molecule has 88 valence electrons. The number of nitrogens with two attached hydrogens (primary N) is 1. The SMILES string of the molecule is CCCC(N)C(=O)N1CCSC(C)C1C. The van der Waals surface area contributed by atoms with Crippen molar-refractivity contribution in [3.05, 3.63) is 0 Å². The van der Waals surface area contributed by atoms with Crippen LogP contribution in [0.25, 0.3) is 0 Å². The first-order valence-electron chi connectivity index (χ1n) is 5.75. The van der Waals surface area contributed by atoms with Gasteiger partial charge in [-0.3, -0.25) is 4.79 Å². The van der Waals surface area contributed by atoms with Crippen molar-refractivity contribution in [3.63, 3.8) is 0 Å². The molecule has 15 heavy (non-hydrogen) atoms. The van der Waals surface area contributed by atoms with Crippen molar-refractivity contribution in [1.82, 2.24) is 4.90 Å². The predicted octanol–water partition coefficient (Wildman–Crippen LogP) is 1.47. The average molecular weight is 230 g/mol. The number of thioether (sulfide) groups is 1. The normalized spacial score (nSPS) is 28.9. The topological polar surface area (TPSA) is 46.3 Å². The Bertz CT molecular complexity index is 223. The van der Waals surface area contributed by atoms with Crippen molar-refractivity contribution < 1.29 is 4.79 Å². The van der Waals surface area contributed by atoms with Gasteiger partial charge in [0.25, 0.3) is 0 Å². The summed E-state index contributed by atoms with van der Waals surface area (Å²) >= 11 is 1.94. The Morgan fingerprint density at radius 2 is 2.27 bits per heavy atom. The van der Waals surface area contributed by atoms with E-state index >= 15 is 0 Å². The Hall–Kier alpha value is -0.220. The molecule has 0 saturated carbocycles. The van der Waals surface area contributed by atoms with E-state index in [2.05, 4.69) is 20.8 Å². The van der Waals surface area contributed by atoms with Crippen LogP contribution in [0, 0.1) is 0 Å². The molecule has 1 aliphatic heterocycles. The van der Waals surface area contributed by atoms with Crippen LogP contribution < -0.4 is 5.73 Å². The van der Waals surface area contributed by atoms with E-state index in [0.29, 0.717) is 11.3 Å². The highest BCUT2D eigenvalue weighted by Crippen LogP contribution is 2.24. The third-order valence-electron chi connectivity index (χ3n) is 3.08. The van der Waals surface area contributed by atoms with Crippen LogP contribution in [0.5, 0.6) is 0 Å². The molecule has 1 saturated heterocycles. The molecule has 1 aliphatic rings. The largest absolute Gasteiger partial charge is 0.337 e. The third kappa shape index (κ3) is 3.11. The standard InChI is InChI=1S/C11H22N2OS/c1-4-5-10(12)11(14)13-6-7-15-9(3)8(13)2/h8-10H,4-7,12H2,1-3H3. The zero-order valence-corrected chi connectivity index (χ0v) is 10.7. The quantitative estimate of drug-likeness (QED) is 0.798. The van der Waals surface area contributed by atoms with Crippen molar-refractivity contribution >= 4 is 17.7 Å². The third-order valence-corrected chi connectivity index (χ3v) is 4.42. The van der Waals surface area contributed by atoms with Crippen molar-refractivity contribution in [1.29, 1.82) is 0 Å². The van der Waals surface area contributed by atoms with Crippen molar-refractivity contribution in [2.24, 2.45) is 5.73 Å². The molecule has 1 heterocycles. The fraction of sp³-hybridized carbons (Fsp3) is 0.909. The van der Waals surface area contributed by atoms with Gasteiger partial charge in [-0.1, -0.05) is 20.3 Å². The van der Waals surface area contributed by atoms with E-state index in [1.807, 2.05) is 16.7 Å². The summed E-state index contributed by atoms with van der Waals surface area (Å²) in [5.74, 6) is 1.17. The van der Waals surface area contributed by atoms with Gasteiger partial charge in [0, 0.05) is 23.6 Å². The number of hydrogen-bond donors (Lipinski definition) is 1. The lowest BCUT2D eigenvalue weighted by atomic mass is 10.1. The maximum Gasteiger partial charge on any atom is 0.239 e. The molecule has 1 fully saturated rings. The zero-order valence-electron chi connectivity index (χ0n) is 9.90. The summed E-state index contributed by atoms with van der Waals surface area (Å²) in [5.41, 5.74) is 5.87. The molecule has 0 spiro atoms. The molecule has 0 aliphatic carbocycles. The van der Waals surface area contributed by atoms with Gasteiger partial charge in [0.2, 0.25) is 5.91 Å². The highest BCUT2D eigenvalue weighted by atomic mass is 32.2. The summed E-state index contributed by atoms with van der Waals surface area (Å²) in [4.78, 5) is 14.0. The lowest BCUT2D eigenvalue weighted by Gasteiger charge is -2.38. The lowest BCUT2D eigenvalue weighted by Crippen LogP contribution is -2.53. The van der Waals surface area contributed by atoms with E-state index in [0.717, 1.165) is 25.1 Å². The van der Waals surface area contributed by atoms with Crippen LogP contribution in [-0.2, 0) is 4.79 Å². The molecule has 4 heteroatoms. The Morgan fingerprint density at radius 3 is 2.87 bits per heavy atom. The minimum absolute atomic E-state index is 0.136. The Morgan fingerprint density at radius 1 is 1.60 bits per heavy atom. The lowest BCUT2D eigenvalue weighted by molar-refractivity contribution is -0.134. The monoisotopic (exact) mass is 230 g/mol. The molecule has 1 rings (SSSR count). The van der Waals surface area contributed by atoms with Crippen LogP contribution in [-0.4, -0.2) is 40.4 Å². The van der Waals surface area contributed by atoms with Crippen molar-refractivity contribution in [2.45, 2.75) is 50.9 Å². The Balaban J connectivity index is 2.57. The highest BCUT2D eigenvalue weighted by Gasteiger charge is 2.30. The summed E-state index contributed by atoms with van der Waals surface area (Å²) in [6, 6.07) is 0.0203. The summed E-state index contributed by atoms with van der Waals surface area (Å²) in [6.07, 6.45) is 1.77. The van der Waals surface area contributed by atoms with E-state index in [-0.39, 0.29) is 11.9 Å². The fourth-order valence-electron chi connectivity index (χ4n) is 1.89. The van der Waals surface area contributed by atoms with Gasteiger partial charge in [0.05, 0.1) is 6.04 Å². The Kier molecular flexibility index (Phi) is 4.93. The summed E-state index contributed by atoms with van der Waals surface area (Å²) in [5, 5.41) is 0.525.